The molecule has 4 aromatic rings. The molecule has 0 fully saturated rings. The quantitative estimate of drug-likeness (QED) is 0.267. The van der Waals surface area contributed by atoms with Crippen molar-refractivity contribution in [3.05, 3.63) is 90.3 Å². The Hall–Kier alpha value is -4.72. The first kappa shape index (κ1) is 24.4. The minimum atomic E-state index is -0.486. The van der Waals surface area contributed by atoms with Crippen LogP contribution in [0.3, 0.4) is 0 Å². The number of rotatable bonds is 9. The fraction of sp³-hybridized carbons (Fsp3) is 0.143. The Kier molecular flexibility index (Phi) is 7.87. The van der Waals surface area contributed by atoms with E-state index in [-0.39, 0.29) is 5.69 Å². The predicted molar refractivity (Wildman–Crippen MR) is 139 cm³/mol. The van der Waals surface area contributed by atoms with E-state index in [2.05, 4.69) is 20.5 Å². The summed E-state index contributed by atoms with van der Waals surface area (Å²) in [7, 11) is 3.14. The van der Waals surface area contributed by atoms with Gasteiger partial charge in [0, 0.05) is 22.8 Å². The van der Waals surface area contributed by atoms with Gasteiger partial charge in [0.1, 0.15) is 22.9 Å². The molecular formula is C28H26N4O4. The highest BCUT2D eigenvalue weighted by Gasteiger charge is 2.18. The zero-order chi connectivity index (χ0) is 25.3. The Morgan fingerprint density at radius 3 is 2.25 bits per heavy atom. The number of aromatic nitrogens is 2. The number of amides is 1. The highest BCUT2D eigenvalue weighted by atomic mass is 16.5. The van der Waals surface area contributed by atoms with E-state index in [0.29, 0.717) is 35.1 Å². The van der Waals surface area contributed by atoms with Crippen LogP contribution in [-0.4, -0.2) is 42.9 Å². The van der Waals surface area contributed by atoms with Crippen LogP contribution in [0.5, 0.6) is 17.2 Å². The van der Waals surface area contributed by atoms with Crippen molar-refractivity contribution in [1.82, 2.24) is 15.4 Å². The number of ether oxygens (including phenoxy) is 3. The smallest absolute Gasteiger partial charge is 0.292 e. The molecular weight excluding hydrogens is 456 g/mol. The molecule has 1 N–H and O–H groups in total. The molecule has 0 aliphatic heterocycles. The second-order valence-corrected chi connectivity index (χ2v) is 7.62. The third-order valence-corrected chi connectivity index (χ3v) is 5.25. The molecule has 36 heavy (non-hydrogen) atoms. The molecule has 0 aliphatic carbocycles. The maximum Gasteiger partial charge on any atom is 0.292 e. The lowest BCUT2D eigenvalue weighted by Crippen LogP contribution is -2.21. The van der Waals surface area contributed by atoms with Crippen molar-refractivity contribution in [2.24, 2.45) is 5.10 Å². The monoisotopic (exact) mass is 482 g/mol. The Labute approximate surface area is 209 Å². The molecule has 8 heteroatoms. The number of hydrogen-bond donors (Lipinski definition) is 1. The van der Waals surface area contributed by atoms with E-state index in [1.165, 1.54) is 6.21 Å². The van der Waals surface area contributed by atoms with Gasteiger partial charge in [-0.2, -0.15) is 5.10 Å². The molecule has 1 amide bonds. The lowest BCUT2D eigenvalue weighted by Gasteiger charge is -2.10. The molecule has 1 aromatic heterocycles. The molecule has 8 nitrogen and oxygen atoms in total. The van der Waals surface area contributed by atoms with E-state index in [4.69, 9.17) is 14.2 Å². The van der Waals surface area contributed by atoms with E-state index >= 15 is 0 Å². The Bertz CT molecular complexity index is 1330. The van der Waals surface area contributed by atoms with Crippen LogP contribution in [0.15, 0.2) is 84.1 Å². The zero-order valence-electron chi connectivity index (χ0n) is 20.3. The van der Waals surface area contributed by atoms with Gasteiger partial charge in [0.25, 0.3) is 5.91 Å². The molecule has 0 atom stereocenters. The summed E-state index contributed by atoms with van der Waals surface area (Å²) >= 11 is 0. The topological polar surface area (TPSA) is 94.9 Å². The molecule has 0 radical (unpaired) electrons. The van der Waals surface area contributed by atoms with Crippen LogP contribution in [-0.2, 0) is 0 Å². The molecule has 182 valence electrons. The first-order chi connectivity index (χ1) is 17.6. The molecule has 0 saturated heterocycles. The fourth-order valence-corrected chi connectivity index (χ4v) is 3.50. The SMILES string of the molecule is CCOc1ccc(-c2cnc(-c3ccccc3)c(C(=O)N/N=C/c3cc(OC)cc(OC)c3)n2)cc1. The highest BCUT2D eigenvalue weighted by molar-refractivity contribution is 5.99. The van der Waals surface area contributed by atoms with E-state index in [9.17, 15) is 4.79 Å². The minimum Gasteiger partial charge on any atom is -0.497 e. The Morgan fingerprint density at radius 1 is 0.917 bits per heavy atom. The summed E-state index contributed by atoms with van der Waals surface area (Å²) in [6, 6.07) is 22.2. The van der Waals surface area contributed by atoms with Crippen LogP contribution < -0.4 is 19.6 Å². The van der Waals surface area contributed by atoms with Crippen LogP contribution >= 0.6 is 0 Å². The van der Waals surface area contributed by atoms with Crippen LogP contribution in [0.1, 0.15) is 23.0 Å². The first-order valence-corrected chi connectivity index (χ1v) is 11.3. The van der Waals surface area contributed by atoms with Gasteiger partial charge in [-0.25, -0.2) is 10.4 Å². The van der Waals surface area contributed by atoms with Crippen LogP contribution in [0.2, 0.25) is 0 Å². The van der Waals surface area contributed by atoms with Gasteiger partial charge in [-0.05, 0) is 43.3 Å². The number of hydrogen-bond acceptors (Lipinski definition) is 7. The average molecular weight is 483 g/mol. The lowest BCUT2D eigenvalue weighted by molar-refractivity contribution is 0.0950. The molecule has 4 rings (SSSR count). The fourth-order valence-electron chi connectivity index (χ4n) is 3.50. The number of carbonyl (C=O) groups is 1. The predicted octanol–water partition coefficient (Wildman–Crippen LogP) is 4.99. The summed E-state index contributed by atoms with van der Waals surface area (Å²) in [5.41, 5.74) is 6.03. The molecule has 0 aliphatic rings. The summed E-state index contributed by atoms with van der Waals surface area (Å²) in [6.45, 7) is 2.51. The summed E-state index contributed by atoms with van der Waals surface area (Å²) in [6.07, 6.45) is 3.16. The van der Waals surface area contributed by atoms with Crippen LogP contribution in [0, 0.1) is 0 Å². The van der Waals surface area contributed by atoms with E-state index < -0.39 is 5.91 Å². The van der Waals surface area contributed by atoms with Gasteiger partial charge in [-0.15, -0.1) is 0 Å². The van der Waals surface area contributed by atoms with Crippen molar-refractivity contribution in [2.75, 3.05) is 20.8 Å². The number of carbonyl (C=O) groups excluding carboxylic acids is 1. The summed E-state index contributed by atoms with van der Waals surface area (Å²) in [4.78, 5) is 22.4. The van der Waals surface area contributed by atoms with Crippen molar-refractivity contribution in [2.45, 2.75) is 6.92 Å². The van der Waals surface area contributed by atoms with Crippen LogP contribution in [0.4, 0.5) is 0 Å². The van der Waals surface area contributed by atoms with Crippen molar-refractivity contribution < 1.29 is 19.0 Å². The third-order valence-electron chi connectivity index (χ3n) is 5.25. The largest absolute Gasteiger partial charge is 0.497 e. The highest BCUT2D eigenvalue weighted by Crippen LogP contribution is 2.26. The number of nitrogens with one attached hydrogen (secondary N) is 1. The number of benzene rings is 3. The Morgan fingerprint density at radius 2 is 1.61 bits per heavy atom. The summed E-state index contributed by atoms with van der Waals surface area (Å²) in [5, 5.41) is 4.12. The van der Waals surface area contributed by atoms with Crippen molar-refractivity contribution in [1.29, 1.82) is 0 Å². The molecule has 3 aromatic carbocycles. The maximum absolute atomic E-state index is 13.2. The second-order valence-electron chi connectivity index (χ2n) is 7.62. The van der Waals surface area contributed by atoms with Gasteiger partial charge in [0.05, 0.1) is 38.9 Å². The van der Waals surface area contributed by atoms with Gasteiger partial charge in [0.2, 0.25) is 0 Å². The Balaban J connectivity index is 1.64. The molecule has 0 spiro atoms. The molecule has 0 saturated carbocycles. The summed E-state index contributed by atoms with van der Waals surface area (Å²) in [5.74, 6) is 1.50. The standard InChI is InChI=1S/C28H26N4O4/c1-4-36-22-12-10-20(11-13-22)25-18-29-26(21-8-6-5-7-9-21)27(31-25)28(33)32-30-17-19-14-23(34-2)16-24(15-19)35-3/h5-18H,4H2,1-3H3,(H,32,33)/b30-17+. The van der Waals surface area contributed by atoms with E-state index in [0.717, 1.165) is 16.9 Å². The van der Waals surface area contributed by atoms with Crippen LogP contribution in [0.25, 0.3) is 22.5 Å². The van der Waals surface area contributed by atoms with Gasteiger partial charge < -0.3 is 14.2 Å². The van der Waals surface area contributed by atoms with Gasteiger partial charge in [-0.3, -0.25) is 9.78 Å². The van der Waals surface area contributed by atoms with Crippen molar-refractivity contribution in [3.8, 4) is 39.8 Å². The minimum absolute atomic E-state index is 0.160. The molecule has 0 bridgehead atoms. The van der Waals surface area contributed by atoms with Crippen molar-refractivity contribution in [3.63, 3.8) is 0 Å². The normalized spacial score (nSPS) is 10.8. The van der Waals surface area contributed by atoms with Gasteiger partial charge >= 0.3 is 0 Å². The van der Waals surface area contributed by atoms with E-state index in [1.54, 1.807) is 38.6 Å². The van der Waals surface area contributed by atoms with Gasteiger partial charge in [0.15, 0.2) is 5.69 Å². The van der Waals surface area contributed by atoms with E-state index in [1.807, 2.05) is 61.5 Å². The first-order valence-electron chi connectivity index (χ1n) is 11.3. The summed E-state index contributed by atoms with van der Waals surface area (Å²) < 4.78 is 16.1. The number of methoxy groups -OCH3 is 2. The third kappa shape index (κ3) is 5.85. The number of hydrazone groups is 1. The zero-order valence-corrected chi connectivity index (χ0v) is 20.3. The van der Waals surface area contributed by atoms with Crippen molar-refractivity contribution >= 4 is 12.1 Å². The lowest BCUT2D eigenvalue weighted by atomic mass is 10.1. The second kappa shape index (κ2) is 11.6. The molecule has 1 heterocycles. The molecule has 0 unspecified atom stereocenters. The maximum atomic E-state index is 13.2. The number of nitrogens with zero attached hydrogens (tertiary/aromatic N) is 3. The van der Waals surface area contributed by atoms with Gasteiger partial charge in [-0.1, -0.05) is 30.3 Å². The average Bonchev–Trinajstić information content (AvgIpc) is 2.93.